The summed E-state index contributed by atoms with van der Waals surface area (Å²) in [6.45, 7) is 2.02. The van der Waals surface area contributed by atoms with Crippen molar-refractivity contribution in [2.75, 3.05) is 0 Å². The Kier molecular flexibility index (Phi) is 4.97. The minimum absolute atomic E-state index is 0.246. The average molecular weight is 515 g/mol. The summed E-state index contributed by atoms with van der Waals surface area (Å²) in [6, 6.07) is 0. The van der Waals surface area contributed by atoms with Gasteiger partial charge in [-0.05, 0) is 74.2 Å². The Morgan fingerprint density at radius 3 is 2.31 bits per heavy atom. The third-order valence-electron chi connectivity index (χ3n) is 1.61. The monoisotopic (exact) mass is 515 g/mol. The number of H-pyrrole nitrogens is 1. The van der Waals surface area contributed by atoms with Gasteiger partial charge in [-0.3, -0.25) is 4.79 Å². The molecule has 0 spiro atoms. The molecular formula is C8H8I3NO. The summed E-state index contributed by atoms with van der Waals surface area (Å²) in [7, 11) is 0. The summed E-state index contributed by atoms with van der Waals surface area (Å²) in [6.07, 6.45) is 1.55. The maximum Gasteiger partial charge on any atom is 0.166 e. The minimum Gasteiger partial charge on any atom is -0.344 e. The van der Waals surface area contributed by atoms with E-state index in [2.05, 4.69) is 72.8 Å². The molecule has 0 amide bonds. The molecule has 0 fully saturated rings. The first-order chi connectivity index (χ1) is 6.07. The van der Waals surface area contributed by atoms with Gasteiger partial charge in [-0.2, -0.15) is 0 Å². The summed E-state index contributed by atoms with van der Waals surface area (Å²) >= 11 is 6.60. The first-order valence-electron chi connectivity index (χ1n) is 3.83. The Labute approximate surface area is 118 Å². The van der Waals surface area contributed by atoms with Crippen molar-refractivity contribution in [1.29, 1.82) is 0 Å². The predicted octanol–water partition coefficient (Wildman–Crippen LogP) is 3.81. The van der Waals surface area contributed by atoms with Crippen LogP contribution in [0.3, 0.4) is 0 Å². The summed E-state index contributed by atoms with van der Waals surface area (Å²) in [5.74, 6) is 0.246. The molecule has 0 aliphatic heterocycles. The van der Waals surface area contributed by atoms with Gasteiger partial charge in [0.1, 0.15) is 0 Å². The van der Waals surface area contributed by atoms with Crippen molar-refractivity contribution in [3.63, 3.8) is 0 Å². The van der Waals surface area contributed by atoms with Gasteiger partial charge in [0.15, 0.2) is 5.78 Å². The zero-order chi connectivity index (χ0) is 10.0. The van der Waals surface area contributed by atoms with Crippen molar-refractivity contribution in [3.8, 4) is 0 Å². The third kappa shape index (κ3) is 2.80. The fraction of sp³-hybridized carbons (Fsp3) is 0.375. The van der Waals surface area contributed by atoms with Crippen molar-refractivity contribution >= 4 is 73.6 Å². The van der Waals surface area contributed by atoms with E-state index in [1.807, 2.05) is 6.92 Å². The molecule has 0 saturated carbocycles. The number of aromatic amines is 1. The maximum absolute atomic E-state index is 11.7. The summed E-state index contributed by atoms with van der Waals surface area (Å²) in [5, 5.41) is 0. The molecule has 13 heavy (non-hydrogen) atoms. The van der Waals surface area contributed by atoms with E-state index in [-0.39, 0.29) is 5.78 Å². The molecule has 0 saturated heterocycles. The fourth-order valence-electron chi connectivity index (χ4n) is 1.02. The number of rotatable bonds is 3. The van der Waals surface area contributed by atoms with Crippen LogP contribution in [0.2, 0.25) is 0 Å². The predicted molar refractivity (Wildman–Crippen MR) is 78.2 cm³/mol. The highest BCUT2D eigenvalue weighted by molar-refractivity contribution is 14.1. The highest BCUT2D eigenvalue weighted by atomic mass is 127. The third-order valence-corrected chi connectivity index (χ3v) is 5.34. The zero-order valence-electron chi connectivity index (χ0n) is 6.96. The molecular weight excluding hydrogens is 507 g/mol. The Morgan fingerprint density at radius 2 is 1.92 bits per heavy atom. The first-order valence-corrected chi connectivity index (χ1v) is 7.07. The summed E-state index contributed by atoms with van der Waals surface area (Å²) < 4.78 is 3.08. The molecule has 0 unspecified atom stereocenters. The highest BCUT2D eigenvalue weighted by Crippen LogP contribution is 2.25. The number of halogens is 3. The molecule has 0 aromatic carbocycles. The van der Waals surface area contributed by atoms with Crippen LogP contribution in [0.4, 0.5) is 0 Å². The van der Waals surface area contributed by atoms with Crippen LogP contribution in [0.1, 0.15) is 30.1 Å². The lowest BCUT2D eigenvalue weighted by Crippen LogP contribution is -2.00. The molecule has 0 bridgehead atoms. The largest absolute Gasteiger partial charge is 0.344 e. The molecule has 0 radical (unpaired) electrons. The van der Waals surface area contributed by atoms with Gasteiger partial charge in [0.2, 0.25) is 0 Å². The van der Waals surface area contributed by atoms with Crippen molar-refractivity contribution in [2.24, 2.45) is 0 Å². The van der Waals surface area contributed by atoms with Gasteiger partial charge in [0.25, 0.3) is 0 Å². The van der Waals surface area contributed by atoms with E-state index in [4.69, 9.17) is 0 Å². The molecule has 1 aromatic rings. The molecule has 0 aliphatic carbocycles. The molecule has 2 nitrogen and oxygen atoms in total. The molecule has 1 aromatic heterocycles. The second kappa shape index (κ2) is 5.29. The quantitative estimate of drug-likeness (QED) is 0.483. The fourth-order valence-corrected chi connectivity index (χ4v) is 4.13. The van der Waals surface area contributed by atoms with Gasteiger partial charge in [0.05, 0.1) is 16.5 Å². The van der Waals surface area contributed by atoms with E-state index in [0.717, 1.165) is 23.0 Å². The van der Waals surface area contributed by atoms with Crippen molar-refractivity contribution in [1.82, 2.24) is 4.98 Å². The summed E-state index contributed by atoms with van der Waals surface area (Å²) in [5.41, 5.74) is 0.868. The topological polar surface area (TPSA) is 32.9 Å². The van der Waals surface area contributed by atoms with Crippen LogP contribution in [0.5, 0.6) is 0 Å². The Balaban J connectivity index is 3.06. The van der Waals surface area contributed by atoms with Crippen LogP contribution in [0.25, 0.3) is 0 Å². The van der Waals surface area contributed by atoms with Crippen molar-refractivity contribution in [2.45, 2.75) is 19.8 Å². The second-order valence-electron chi connectivity index (χ2n) is 2.62. The number of aromatic nitrogens is 1. The van der Waals surface area contributed by atoms with E-state index in [1.54, 1.807) is 0 Å². The average Bonchev–Trinajstić information content (AvgIpc) is 2.27. The molecule has 1 heterocycles. The van der Waals surface area contributed by atoms with Gasteiger partial charge >= 0.3 is 0 Å². The SMILES string of the molecule is CCCC(=O)c1c(I)[nH]c(I)c1I. The van der Waals surface area contributed by atoms with E-state index in [9.17, 15) is 4.79 Å². The molecule has 0 atom stereocenters. The van der Waals surface area contributed by atoms with Crippen molar-refractivity contribution in [3.05, 3.63) is 16.5 Å². The molecule has 1 rings (SSSR count). The van der Waals surface area contributed by atoms with E-state index in [0.29, 0.717) is 6.42 Å². The minimum atomic E-state index is 0.246. The van der Waals surface area contributed by atoms with Crippen LogP contribution in [0, 0.1) is 11.0 Å². The lowest BCUT2D eigenvalue weighted by Gasteiger charge is -1.97. The highest BCUT2D eigenvalue weighted by Gasteiger charge is 2.17. The van der Waals surface area contributed by atoms with Gasteiger partial charge in [-0.25, -0.2) is 0 Å². The van der Waals surface area contributed by atoms with Crippen LogP contribution >= 0.6 is 67.8 Å². The molecule has 5 heteroatoms. The maximum atomic E-state index is 11.7. The number of ketones is 1. The van der Waals surface area contributed by atoms with E-state index in [1.165, 1.54) is 0 Å². The van der Waals surface area contributed by atoms with Gasteiger partial charge in [0, 0.05) is 6.42 Å². The number of carbonyl (C=O) groups is 1. The lowest BCUT2D eigenvalue weighted by atomic mass is 10.1. The second-order valence-corrected chi connectivity index (χ2v) is 5.85. The van der Waals surface area contributed by atoms with E-state index < -0.39 is 0 Å². The number of hydrogen-bond donors (Lipinski definition) is 1. The summed E-state index contributed by atoms with van der Waals surface area (Å²) in [4.78, 5) is 14.8. The number of hydrogen-bond acceptors (Lipinski definition) is 1. The Hall–Kier alpha value is 1.14. The normalized spacial score (nSPS) is 10.5. The number of nitrogens with one attached hydrogen (secondary N) is 1. The van der Waals surface area contributed by atoms with Crippen molar-refractivity contribution < 1.29 is 4.79 Å². The smallest absolute Gasteiger partial charge is 0.166 e. The van der Waals surface area contributed by atoms with Crippen LogP contribution < -0.4 is 0 Å². The zero-order valence-corrected chi connectivity index (χ0v) is 13.4. The standard InChI is InChI=1S/C8H8I3NO/c1-2-3-4(13)5-6(9)8(11)12-7(5)10/h12H,2-3H2,1H3. The number of carbonyl (C=O) groups excluding carboxylic acids is 1. The number of Topliss-reactive ketones (excluding diaryl/α,β-unsaturated/α-hetero) is 1. The van der Waals surface area contributed by atoms with E-state index >= 15 is 0 Å². The Morgan fingerprint density at radius 1 is 1.31 bits per heavy atom. The molecule has 0 aliphatic rings. The van der Waals surface area contributed by atoms with Gasteiger partial charge in [-0.1, -0.05) is 6.92 Å². The molecule has 1 N–H and O–H groups in total. The lowest BCUT2D eigenvalue weighted by molar-refractivity contribution is 0.0980. The van der Waals surface area contributed by atoms with Crippen LogP contribution in [-0.2, 0) is 0 Å². The van der Waals surface area contributed by atoms with Gasteiger partial charge in [-0.15, -0.1) is 0 Å². The van der Waals surface area contributed by atoms with Crippen LogP contribution in [-0.4, -0.2) is 10.8 Å². The van der Waals surface area contributed by atoms with Crippen LogP contribution in [0.15, 0.2) is 0 Å². The first kappa shape index (κ1) is 12.2. The Bertz CT molecular complexity index is 332. The molecule has 72 valence electrons. The van der Waals surface area contributed by atoms with Gasteiger partial charge < -0.3 is 4.98 Å².